The summed E-state index contributed by atoms with van der Waals surface area (Å²) in [6.45, 7) is 0. The molecule has 19 heavy (non-hydrogen) atoms. The molecule has 2 aromatic rings. The number of amides is 1. The number of thiazole rings is 1. The van der Waals surface area contributed by atoms with E-state index in [4.69, 9.17) is 28.9 Å². The summed E-state index contributed by atoms with van der Waals surface area (Å²) >= 11 is 15.0. The van der Waals surface area contributed by atoms with E-state index in [2.05, 4.69) is 4.98 Å². The van der Waals surface area contributed by atoms with E-state index in [0.29, 0.717) is 21.5 Å². The minimum absolute atomic E-state index is 0.179. The van der Waals surface area contributed by atoms with E-state index in [0.717, 1.165) is 9.90 Å². The highest BCUT2D eigenvalue weighted by molar-refractivity contribution is 8.00. The van der Waals surface area contributed by atoms with Gasteiger partial charge in [0.2, 0.25) is 5.91 Å². The number of hydrogen-bond acceptors (Lipinski definition) is 4. The zero-order valence-electron chi connectivity index (χ0n) is 9.73. The molecule has 2 rings (SSSR count). The summed E-state index contributed by atoms with van der Waals surface area (Å²) in [4.78, 5) is 15.1. The van der Waals surface area contributed by atoms with E-state index in [1.165, 1.54) is 11.3 Å². The predicted molar refractivity (Wildman–Crippen MR) is 81.0 cm³/mol. The van der Waals surface area contributed by atoms with Crippen molar-refractivity contribution < 1.29 is 4.79 Å². The van der Waals surface area contributed by atoms with Crippen molar-refractivity contribution in [3.8, 4) is 0 Å². The summed E-state index contributed by atoms with van der Waals surface area (Å²) < 4.78 is 0.891. The van der Waals surface area contributed by atoms with E-state index < -0.39 is 0 Å². The molecule has 0 aliphatic heterocycles. The second-order valence-electron chi connectivity index (χ2n) is 3.77. The van der Waals surface area contributed by atoms with Crippen molar-refractivity contribution in [1.82, 2.24) is 4.98 Å². The van der Waals surface area contributed by atoms with Crippen LogP contribution in [0.3, 0.4) is 0 Å². The van der Waals surface area contributed by atoms with E-state index in [9.17, 15) is 4.79 Å². The molecule has 100 valence electrons. The zero-order chi connectivity index (χ0) is 13.8. The number of primary amides is 1. The molecule has 0 atom stereocenters. The Balaban J connectivity index is 1.98. The lowest BCUT2D eigenvalue weighted by Crippen LogP contribution is -2.13. The molecular weight excluding hydrogens is 323 g/mol. The van der Waals surface area contributed by atoms with E-state index in [-0.39, 0.29) is 12.3 Å². The third-order valence-corrected chi connectivity index (χ3v) is 4.96. The van der Waals surface area contributed by atoms with Gasteiger partial charge in [-0.3, -0.25) is 4.79 Å². The van der Waals surface area contributed by atoms with Crippen molar-refractivity contribution in [3.63, 3.8) is 0 Å². The smallest absolute Gasteiger partial charge is 0.223 e. The highest BCUT2D eigenvalue weighted by Gasteiger charge is 2.07. The minimum atomic E-state index is -0.373. The second kappa shape index (κ2) is 6.61. The van der Waals surface area contributed by atoms with Crippen LogP contribution in [0.15, 0.2) is 27.9 Å². The number of thioether (sulfide) groups is 1. The lowest BCUT2D eigenvalue weighted by Gasteiger charge is -2.02. The Morgan fingerprint density at radius 3 is 2.89 bits per heavy atom. The van der Waals surface area contributed by atoms with Crippen molar-refractivity contribution in [2.45, 2.75) is 16.5 Å². The maximum absolute atomic E-state index is 10.8. The fourth-order valence-electron chi connectivity index (χ4n) is 1.39. The first-order chi connectivity index (χ1) is 9.04. The van der Waals surface area contributed by atoms with Crippen LogP contribution in [0.1, 0.15) is 11.3 Å². The molecule has 0 saturated carbocycles. The monoisotopic (exact) mass is 332 g/mol. The normalized spacial score (nSPS) is 10.6. The van der Waals surface area contributed by atoms with Gasteiger partial charge in [-0.25, -0.2) is 4.98 Å². The van der Waals surface area contributed by atoms with Crippen molar-refractivity contribution >= 4 is 52.2 Å². The van der Waals surface area contributed by atoms with Crippen LogP contribution >= 0.6 is 46.3 Å². The topological polar surface area (TPSA) is 56.0 Å². The number of nitrogens with zero attached hydrogens (tertiary/aromatic N) is 1. The first kappa shape index (κ1) is 14.7. The third kappa shape index (κ3) is 4.38. The molecular formula is C12H10Cl2N2OS2. The molecule has 7 heteroatoms. The highest BCUT2D eigenvalue weighted by atomic mass is 35.5. The summed E-state index contributed by atoms with van der Waals surface area (Å²) in [7, 11) is 0. The number of halogens is 2. The van der Waals surface area contributed by atoms with Crippen LogP contribution in [-0.4, -0.2) is 10.9 Å². The molecule has 2 N–H and O–H groups in total. The molecule has 0 bridgehead atoms. The van der Waals surface area contributed by atoms with Crippen LogP contribution in [0.2, 0.25) is 10.0 Å². The number of aromatic nitrogens is 1. The van der Waals surface area contributed by atoms with Gasteiger partial charge in [-0.15, -0.1) is 11.3 Å². The van der Waals surface area contributed by atoms with Gasteiger partial charge in [0.1, 0.15) is 4.34 Å². The number of rotatable bonds is 5. The second-order valence-corrected chi connectivity index (χ2v) is 6.70. The lowest BCUT2D eigenvalue weighted by molar-refractivity contribution is -0.117. The summed E-state index contributed by atoms with van der Waals surface area (Å²) in [5.41, 5.74) is 6.83. The molecule has 1 aromatic carbocycles. The minimum Gasteiger partial charge on any atom is -0.369 e. The van der Waals surface area contributed by atoms with Gasteiger partial charge in [0.05, 0.1) is 12.1 Å². The largest absolute Gasteiger partial charge is 0.369 e. The standard InChI is InChI=1S/C12H10Cl2N2OS2/c13-8-2-1-7(10(14)3-8)5-18-12-16-9(6-19-12)4-11(15)17/h1-3,6H,4-5H2,(H2,15,17). The maximum Gasteiger partial charge on any atom is 0.223 e. The Morgan fingerprint density at radius 2 is 2.21 bits per heavy atom. The van der Waals surface area contributed by atoms with Crippen molar-refractivity contribution in [1.29, 1.82) is 0 Å². The van der Waals surface area contributed by atoms with Crippen molar-refractivity contribution in [3.05, 3.63) is 44.9 Å². The molecule has 0 spiro atoms. The molecule has 3 nitrogen and oxygen atoms in total. The van der Waals surface area contributed by atoms with Crippen LogP contribution in [0.25, 0.3) is 0 Å². The van der Waals surface area contributed by atoms with Crippen molar-refractivity contribution in [2.24, 2.45) is 5.73 Å². The van der Waals surface area contributed by atoms with Gasteiger partial charge in [0, 0.05) is 21.2 Å². The number of carbonyl (C=O) groups is 1. The lowest BCUT2D eigenvalue weighted by atomic mass is 10.2. The summed E-state index contributed by atoms with van der Waals surface area (Å²) in [6, 6.07) is 5.43. The van der Waals surface area contributed by atoms with Gasteiger partial charge in [0.25, 0.3) is 0 Å². The molecule has 0 aliphatic carbocycles. The number of hydrogen-bond donors (Lipinski definition) is 1. The molecule has 1 amide bonds. The fourth-order valence-corrected chi connectivity index (χ4v) is 3.80. The first-order valence-electron chi connectivity index (χ1n) is 5.34. The van der Waals surface area contributed by atoms with Crippen LogP contribution in [0.4, 0.5) is 0 Å². The average molecular weight is 333 g/mol. The Bertz CT molecular complexity index is 601. The molecule has 0 unspecified atom stereocenters. The van der Waals surface area contributed by atoms with Gasteiger partial charge >= 0.3 is 0 Å². The number of carbonyl (C=O) groups excluding carboxylic acids is 1. The van der Waals surface area contributed by atoms with Gasteiger partial charge < -0.3 is 5.73 Å². The average Bonchev–Trinajstić information content (AvgIpc) is 2.74. The summed E-state index contributed by atoms with van der Waals surface area (Å²) in [6.07, 6.45) is 0.179. The molecule has 0 aliphatic rings. The Labute approximate surface area is 129 Å². The van der Waals surface area contributed by atoms with Crippen molar-refractivity contribution in [2.75, 3.05) is 0 Å². The van der Waals surface area contributed by atoms with Gasteiger partial charge in [-0.1, -0.05) is 41.0 Å². The Morgan fingerprint density at radius 1 is 1.42 bits per heavy atom. The number of benzene rings is 1. The van der Waals surface area contributed by atoms with Crippen LogP contribution < -0.4 is 5.73 Å². The Hall–Kier alpha value is -0.750. The maximum atomic E-state index is 10.8. The van der Waals surface area contributed by atoms with E-state index in [1.807, 2.05) is 17.5 Å². The quantitative estimate of drug-likeness (QED) is 0.848. The van der Waals surface area contributed by atoms with Crippen LogP contribution in [0, 0.1) is 0 Å². The summed E-state index contributed by atoms with van der Waals surface area (Å²) in [5, 5.41) is 3.11. The third-order valence-electron chi connectivity index (χ3n) is 2.25. The van der Waals surface area contributed by atoms with Gasteiger partial charge in [-0.05, 0) is 17.7 Å². The predicted octanol–water partition coefficient (Wildman–Crippen LogP) is 3.77. The van der Waals surface area contributed by atoms with Gasteiger partial charge in [-0.2, -0.15) is 0 Å². The Kier molecular flexibility index (Phi) is 5.10. The molecule has 1 aromatic heterocycles. The molecule has 1 heterocycles. The molecule has 0 radical (unpaired) electrons. The van der Waals surface area contributed by atoms with Crippen LogP contribution in [-0.2, 0) is 17.0 Å². The van der Waals surface area contributed by atoms with E-state index >= 15 is 0 Å². The molecule has 0 fully saturated rings. The molecule has 0 saturated heterocycles. The fraction of sp³-hybridized carbons (Fsp3) is 0.167. The number of nitrogens with two attached hydrogens (primary N) is 1. The van der Waals surface area contributed by atoms with Crippen LogP contribution in [0.5, 0.6) is 0 Å². The highest BCUT2D eigenvalue weighted by Crippen LogP contribution is 2.30. The zero-order valence-corrected chi connectivity index (χ0v) is 12.9. The van der Waals surface area contributed by atoms with Gasteiger partial charge in [0.15, 0.2) is 0 Å². The SMILES string of the molecule is NC(=O)Cc1csc(SCc2ccc(Cl)cc2Cl)n1. The first-order valence-corrected chi connectivity index (χ1v) is 7.96. The summed E-state index contributed by atoms with van der Waals surface area (Å²) in [5.74, 6) is 0.335. The van der Waals surface area contributed by atoms with E-state index in [1.54, 1.807) is 17.8 Å².